The van der Waals surface area contributed by atoms with Gasteiger partial charge in [0.15, 0.2) is 0 Å². The van der Waals surface area contributed by atoms with Crippen molar-refractivity contribution in [2.75, 3.05) is 6.54 Å². The van der Waals surface area contributed by atoms with Crippen LogP contribution in [-0.2, 0) is 0 Å². The first-order valence-corrected chi connectivity index (χ1v) is 8.11. The van der Waals surface area contributed by atoms with E-state index in [1.54, 1.807) is 0 Å². The van der Waals surface area contributed by atoms with E-state index in [1.807, 2.05) is 12.1 Å². The molecule has 0 saturated heterocycles. The van der Waals surface area contributed by atoms with Crippen molar-refractivity contribution in [2.45, 2.75) is 19.1 Å². The first kappa shape index (κ1) is 10.8. The molecule has 1 aromatic rings. The summed E-state index contributed by atoms with van der Waals surface area (Å²) in [5.74, 6) is 0. The zero-order valence-electron chi connectivity index (χ0n) is 8.18. The predicted molar refractivity (Wildman–Crippen MR) is 62.4 cm³/mol. The fourth-order valence-electron chi connectivity index (χ4n) is 1.41. The van der Waals surface area contributed by atoms with E-state index >= 15 is 0 Å². The third-order valence-corrected chi connectivity index (χ3v) is 6.08. The van der Waals surface area contributed by atoms with Crippen molar-refractivity contribution < 1.29 is 0 Å². The second-order valence-electron chi connectivity index (χ2n) is 3.93. The Hall–Kier alpha value is -0.313. The standard InChI is InChI=1S/C10H16ClNSi/c1-13(2,8-7-12)10-5-3-9(11)4-6-10/h3-6H,7-8,12H2,1-2H3. The molecule has 0 amide bonds. The molecule has 1 rings (SSSR count). The molecular weight excluding hydrogens is 198 g/mol. The molecule has 1 nitrogen and oxygen atoms in total. The summed E-state index contributed by atoms with van der Waals surface area (Å²) in [5.41, 5.74) is 5.59. The van der Waals surface area contributed by atoms with E-state index in [0.29, 0.717) is 0 Å². The Balaban J connectivity index is 2.87. The minimum absolute atomic E-state index is 0.780. The summed E-state index contributed by atoms with van der Waals surface area (Å²) in [6.07, 6.45) is 0. The van der Waals surface area contributed by atoms with Gasteiger partial charge in [-0.3, -0.25) is 0 Å². The first-order valence-electron chi connectivity index (χ1n) is 4.52. The van der Waals surface area contributed by atoms with Crippen LogP contribution in [0.15, 0.2) is 24.3 Å². The van der Waals surface area contributed by atoms with Gasteiger partial charge in [0.05, 0.1) is 8.07 Å². The molecule has 0 fully saturated rings. The lowest BCUT2D eigenvalue weighted by Gasteiger charge is -2.21. The Kier molecular flexibility index (Phi) is 3.53. The molecule has 0 saturated carbocycles. The molecule has 0 aromatic heterocycles. The normalized spacial score (nSPS) is 11.7. The summed E-state index contributed by atoms with van der Waals surface area (Å²) in [6, 6.07) is 9.31. The van der Waals surface area contributed by atoms with Crippen LogP contribution in [0.1, 0.15) is 0 Å². The zero-order chi connectivity index (χ0) is 9.90. The molecule has 0 bridgehead atoms. The summed E-state index contributed by atoms with van der Waals surface area (Å²) < 4.78 is 0. The van der Waals surface area contributed by atoms with Crippen LogP contribution in [0.2, 0.25) is 24.2 Å². The zero-order valence-corrected chi connectivity index (χ0v) is 9.93. The Morgan fingerprint density at radius 2 is 1.77 bits per heavy atom. The van der Waals surface area contributed by atoms with Crippen LogP contribution in [0.5, 0.6) is 0 Å². The van der Waals surface area contributed by atoms with Crippen LogP contribution < -0.4 is 10.9 Å². The van der Waals surface area contributed by atoms with Gasteiger partial charge in [0.1, 0.15) is 0 Å². The molecule has 13 heavy (non-hydrogen) atoms. The maximum Gasteiger partial charge on any atom is 0.0818 e. The summed E-state index contributed by atoms with van der Waals surface area (Å²) in [5, 5.41) is 2.24. The molecule has 0 heterocycles. The molecule has 0 aliphatic heterocycles. The maximum absolute atomic E-state index is 5.83. The van der Waals surface area contributed by atoms with E-state index in [0.717, 1.165) is 17.6 Å². The molecule has 0 spiro atoms. The van der Waals surface area contributed by atoms with E-state index in [2.05, 4.69) is 25.2 Å². The van der Waals surface area contributed by atoms with Crippen molar-refractivity contribution in [1.82, 2.24) is 0 Å². The molecule has 3 heteroatoms. The van der Waals surface area contributed by atoms with Gasteiger partial charge in [-0.2, -0.15) is 0 Å². The Morgan fingerprint density at radius 3 is 2.23 bits per heavy atom. The minimum Gasteiger partial charge on any atom is -0.331 e. The molecule has 2 N–H and O–H groups in total. The largest absolute Gasteiger partial charge is 0.331 e. The molecule has 0 atom stereocenters. The van der Waals surface area contributed by atoms with E-state index < -0.39 is 8.07 Å². The molecule has 0 aliphatic carbocycles. The van der Waals surface area contributed by atoms with Crippen molar-refractivity contribution in [3.8, 4) is 0 Å². The van der Waals surface area contributed by atoms with Crippen LogP contribution in [0.25, 0.3) is 0 Å². The number of halogens is 1. The number of nitrogens with two attached hydrogens (primary N) is 1. The topological polar surface area (TPSA) is 26.0 Å². The highest BCUT2D eigenvalue weighted by Crippen LogP contribution is 2.11. The molecule has 0 radical (unpaired) electrons. The fraction of sp³-hybridized carbons (Fsp3) is 0.400. The van der Waals surface area contributed by atoms with E-state index in [9.17, 15) is 0 Å². The minimum atomic E-state index is -1.29. The quantitative estimate of drug-likeness (QED) is 0.766. The van der Waals surface area contributed by atoms with Crippen LogP contribution >= 0.6 is 11.6 Å². The summed E-state index contributed by atoms with van der Waals surface area (Å²) in [4.78, 5) is 0. The van der Waals surface area contributed by atoms with Crippen LogP contribution in [0, 0.1) is 0 Å². The van der Waals surface area contributed by atoms with Gasteiger partial charge in [-0.15, -0.1) is 0 Å². The van der Waals surface area contributed by atoms with Crippen LogP contribution in [0.3, 0.4) is 0 Å². The Bertz CT molecular complexity index is 269. The Labute approximate surface area is 85.9 Å². The number of benzene rings is 1. The average Bonchev–Trinajstić information content (AvgIpc) is 2.05. The van der Waals surface area contributed by atoms with E-state index in [-0.39, 0.29) is 0 Å². The third kappa shape index (κ3) is 2.83. The van der Waals surface area contributed by atoms with Crippen molar-refractivity contribution in [3.63, 3.8) is 0 Å². The highest BCUT2D eigenvalue weighted by Gasteiger charge is 2.21. The van der Waals surface area contributed by atoms with Crippen molar-refractivity contribution in [3.05, 3.63) is 29.3 Å². The Morgan fingerprint density at radius 1 is 1.23 bits per heavy atom. The molecule has 0 unspecified atom stereocenters. The number of hydrogen-bond acceptors (Lipinski definition) is 1. The van der Waals surface area contributed by atoms with E-state index in [1.165, 1.54) is 5.19 Å². The van der Waals surface area contributed by atoms with Crippen molar-refractivity contribution in [2.24, 2.45) is 5.73 Å². The first-order chi connectivity index (χ1) is 6.06. The number of rotatable bonds is 3. The highest BCUT2D eigenvalue weighted by atomic mass is 35.5. The summed E-state index contributed by atoms with van der Waals surface area (Å²) in [7, 11) is -1.29. The number of hydrogen-bond donors (Lipinski definition) is 1. The van der Waals surface area contributed by atoms with Gasteiger partial charge in [-0.1, -0.05) is 42.0 Å². The van der Waals surface area contributed by atoms with Gasteiger partial charge in [0.25, 0.3) is 0 Å². The van der Waals surface area contributed by atoms with Gasteiger partial charge < -0.3 is 5.73 Å². The average molecular weight is 214 g/mol. The molecule has 0 aliphatic rings. The molecule has 72 valence electrons. The lowest BCUT2D eigenvalue weighted by molar-refractivity contribution is 1.10. The van der Waals surface area contributed by atoms with E-state index in [4.69, 9.17) is 17.3 Å². The predicted octanol–water partition coefficient (Wildman–Crippen LogP) is 2.21. The fourth-order valence-corrected chi connectivity index (χ4v) is 3.61. The highest BCUT2D eigenvalue weighted by molar-refractivity contribution is 6.89. The second kappa shape index (κ2) is 4.27. The van der Waals surface area contributed by atoms with Gasteiger partial charge in [0, 0.05) is 5.02 Å². The lowest BCUT2D eigenvalue weighted by Crippen LogP contribution is -2.42. The maximum atomic E-state index is 5.83. The van der Waals surface area contributed by atoms with Crippen molar-refractivity contribution in [1.29, 1.82) is 0 Å². The molecule has 1 aromatic carbocycles. The smallest absolute Gasteiger partial charge is 0.0818 e. The lowest BCUT2D eigenvalue weighted by atomic mass is 10.4. The third-order valence-electron chi connectivity index (χ3n) is 2.40. The van der Waals surface area contributed by atoms with Crippen LogP contribution in [0.4, 0.5) is 0 Å². The van der Waals surface area contributed by atoms with Crippen LogP contribution in [-0.4, -0.2) is 14.6 Å². The van der Waals surface area contributed by atoms with Gasteiger partial charge in [-0.05, 0) is 24.7 Å². The second-order valence-corrected chi connectivity index (χ2v) is 9.21. The van der Waals surface area contributed by atoms with Crippen molar-refractivity contribution >= 4 is 24.9 Å². The SMILES string of the molecule is C[Si](C)(CCN)c1ccc(Cl)cc1. The summed E-state index contributed by atoms with van der Waals surface area (Å²) >= 11 is 5.83. The summed E-state index contributed by atoms with van der Waals surface area (Å²) in [6.45, 7) is 5.45. The van der Waals surface area contributed by atoms with Gasteiger partial charge >= 0.3 is 0 Å². The van der Waals surface area contributed by atoms with Gasteiger partial charge in [-0.25, -0.2) is 0 Å². The molecular formula is C10H16ClNSi. The monoisotopic (exact) mass is 213 g/mol. The van der Waals surface area contributed by atoms with Gasteiger partial charge in [0.2, 0.25) is 0 Å².